The Hall–Kier alpha value is -2.16. The van der Waals surface area contributed by atoms with E-state index in [4.69, 9.17) is 0 Å². The number of hydrogen-bond acceptors (Lipinski definition) is 2. The number of nitrogens with one attached hydrogen (secondary N) is 3. The van der Waals surface area contributed by atoms with Gasteiger partial charge in [-0.05, 0) is 72.3 Å². The van der Waals surface area contributed by atoms with Gasteiger partial charge >= 0.3 is 6.03 Å². The van der Waals surface area contributed by atoms with Gasteiger partial charge in [0, 0.05) is 21.8 Å². The summed E-state index contributed by atoms with van der Waals surface area (Å²) in [4.78, 5) is 23.8. The van der Waals surface area contributed by atoms with Crippen LogP contribution in [-0.2, 0) is 6.54 Å². The summed E-state index contributed by atoms with van der Waals surface area (Å²) >= 11 is 1.93. The molecule has 25 heavy (non-hydrogen) atoms. The largest absolute Gasteiger partial charge is 0.348 e. The molecule has 0 heterocycles. The monoisotopic (exact) mass is 455 g/mol. The summed E-state index contributed by atoms with van der Waals surface area (Å²) in [5.74, 6) is -0.631. The summed E-state index contributed by atoms with van der Waals surface area (Å²) in [6.07, 6.45) is 0. The molecule has 132 valence electrons. The number of carbonyl (C=O) groups excluding carboxylic acids is 2. The molecule has 0 fully saturated rings. The maximum atomic E-state index is 13.1. The van der Waals surface area contributed by atoms with Crippen molar-refractivity contribution in [2.45, 2.75) is 26.4 Å². The van der Waals surface area contributed by atoms with Crippen LogP contribution in [0.15, 0.2) is 42.5 Å². The molecule has 0 aliphatic heterocycles. The first-order chi connectivity index (χ1) is 11.8. The Kier molecular flexibility index (Phi) is 6.74. The Bertz CT molecular complexity index is 763. The summed E-state index contributed by atoms with van der Waals surface area (Å²) in [5.41, 5.74) is 1.99. The van der Waals surface area contributed by atoms with Crippen LogP contribution in [-0.4, -0.2) is 18.0 Å². The average molecular weight is 455 g/mol. The SMILES string of the molecule is CC(C)NC(=O)Nc1ccc(CNC(=O)c2ccc(F)cc2I)cc1. The zero-order chi connectivity index (χ0) is 18.4. The van der Waals surface area contributed by atoms with Gasteiger partial charge in [-0.3, -0.25) is 4.79 Å². The lowest BCUT2D eigenvalue weighted by Crippen LogP contribution is -2.34. The number of benzene rings is 2. The van der Waals surface area contributed by atoms with E-state index in [2.05, 4.69) is 16.0 Å². The van der Waals surface area contributed by atoms with E-state index in [1.807, 2.05) is 48.6 Å². The molecule has 7 heteroatoms. The second-order valence-electron chi connectivity index (χ2n) is 5.76. The molecular weight excluding hydrogens is 436 g/mol. The minimum absolute atomic E-state index is 0.0590. The summed E-state index contributed by atoms with van der Waals surface area (Å²) in [7, 11) is 0. The predicted molar refractivity (Wildman–Crippen MR) is 104 cm³/mol. The van der Waals surface area contributed by atoms with Crippen molar-refractivity contribution in [1.29, 1.82) is 0 Å². The van der Waals surface area contributed by atoms with E-state index in [1.165, 1.54) is 18.2 Å². The van der Waals surface area contributed by atoms with Gasteiger partial charge in [-0.15, -0.1) is 0 Å². The molecule has 0 aromatic heterocycles. The first-order valence-electron chi connectivity index (χ1n) is 7.75. The van der Waals surface area contributed by atoms with Crippen molar-refractivity contribution in [2.24, 2.45) is 0 Å². The second-order valence-corrected chi connectivity index (χ2v) is 6.92. The maximum Gasteiger partial charge on any atom is 0.319 e. The van der Waals surface area contributed by atoms with E-state index in [0.29, 0.717) is 21.4 Å². The number of carbonyl (C=O) groups is 2. The number of halogens is 2. The Balaban J connectivity index is 1.91. The molecule has 0 saturated carbocycles. The lowest BCUT2D eigenvalue weighted by molar-refractivity contribution is 0.0950. The van der Waals surface area contributed by atoms with Crippen molar-refractivity contribution in [1.82, 2.24) is 10.6 Å². The van der Waals surface area contributed by atoms with E-state index in [-0.39, 0.29) is 23.8 Å². The predicted octanol–water partition coefficient (Wildman–Crippen LogP) is 3.89. The highest BCUT2D eigenvalue weighted by Crippen LogP contribution is 2.14. The Labute approximate surface area is 159 Å². The Morgan fingerprint density at radius 2 is 1.80 bits per heavy atom. The molecule has 0 saturated heterocycles. The standard InChI is InChI=1S/C18H19FIN3O2/c1-11(2)22-18(25)23-14-6-3-12(4-7-14)10-21-17(24)15-8-5-13(19)9-16(15)20/h3-9,11H,10H2,1-2H3,(H,21,24)(H2,22,23,25). The molecule has 0 radical (unpaired) electrons. The molecule has 5 nitrogen and oxygen atoms in total. The zero-order valence-electron chi connectivity index (χ0n) is 13.9. The minimum atomic E-state index is -0.370. The molecule has 0 aliphatic carbocycles. The number of hydrogen-bond donors (Lipinski definition) is 3. The van der Waals surface area contributed by atoms with Gasteiger partial charge in [0.2, 0.25) is 0 Å². The van der Waals surface area contributed by atoms with E-state index < -0.39 is 0 Å². The van der Waals surface area contributed by atoms with Crippen LogP contribution in [0.1, 0.15) is 29.8 Å². The minimum Gasteiger partial charge on any atom is -0.348 e. The maximum absolute atomic E-state index is 13.1. The normalized spacial score (nSPS) is 10.4. The van der Waals surface area contributed by atoms with E-state index >= 15 is 0 Å². The van der Waals surface area contributed by atoms with Crippen molar-refractivity contribution in [3.63, 3.8) is 0 Å². The highest BCUT2D eigenvalue weighted by molar-refractivity contribution is 14.1. The molecule has 2 aromatic carbocycles. The van der Waals surface area contributed by atoms with Crippen molar-refractivity contribution in [3.8, 4) is 0 Å². The van der Waals surface area contributed by atoms with Gasteiger partial charge in [-0.1, -0.05) is 12.1 Å². The van der Waals surface area contributed by atoms with Crippen molar-refractivity contribution in [2.75, 3.05) is 5.32 Å². The van der Waals surface area contributed by atoms with Gasteiger partial charge < -0.3 is 16.0 Å². The van der Waals surface area contributed by atoms with Crippen LogP contribution in [0.2, 0.25) is 0 Å². The van der Waals surface area contributed by atoms with Gasteiger partial charge in [0.1, 0.15) is 5.82 Å². The van der Waals surface area contributed by atoms with Crippen LogP contribution in [0.4, 0.5) is 14.9 Å². The van der Waals surface area contributed by atoms with Gasteiger partial charge in [-0.2, -0.15) is 0 Å². The Morgan fingerprint density at radius 1 is 1.12 bits per heavy atom. The molecule has 0 spiro atoms. The lowest BCUT2D eigenvalue weighted by atomic mass is 10.2. The summed E-state index contributed by atoms with van der Waals surface area (Å²) in [6, 6.07) is 11.0. The fourth-order valence-corrected chi connectivity index (χ4v) is 2.81. The highest BCUT2D eigenvalue weighted by Gasteiger charge is 2.10. The molecule has 3 N–H and O–H groups in total. The van der Waals surface area contributed by atoms with E-state index in [9.17, 15) is 14.0 Å². The summed E-state index contributed by atoms with van der Waals surface area (Å²) in [6.45, 7) is 4.10. The zero-order valence-corrected chi connectivity index (χ0v) is 16.1. The number of anilines is 1. The van der Waals surface area contributed by atoms with Crippen molar-refractivity contribution < 1.29 is 14.0 Å². The van der Waals surface area contributed by atoms with Crippen LogP contribution in [0.3, 0.4) is 0 Å². The molecule has 2 rings (SSSR count). The molecule has 0 atom stereocenters. The topological polar surface area (TPSA) is 70.2 Å². The highest BCUT2D eigenvalue weighted by atomic mass is 127. The molecular formula is C18H19FIN3O2. The summed E-state index contributed by atoms with van der Waals surface area (Å²) < 4.78 is 13.6. The fraction of sp³-hybridized carbons (Fsp3) is 0.222. The summed E-state index contributed by atoms with van der Waals surface area (Å²) in [5, 5.41) is 8.26. The number of urea groups is 1. The van der Waals surface area contributed by atoms with Crippen LogP contribution in [0.5, 0.6) is 0 Å². The van der Waals surface area contributed by atoms with Gasteiger partial charge in [0.15, 0.2) is 0 Å². The van der Waals surface area contributed by atoms with Crippen LogP contribution in [0.25, 0.3) is 0 Å². The van der Waals surface area contributed by atoms with Gasteiger partial charge in [0.05, 0.1) is 5.56 Å². The fourth-order valence-electron chi connectivity index (χ4n) is 2.09. The van der Waals surface area contributed by atoms with Crippen molar-refractivity contribution >= 4 is 40.2 Å². The third kappa shape index (κ3) is 6.00. The Morgan fingerprint density at radius 3 is 2.40 bits per heavy atom. The smallest absolute Gasteiger partial charge is 0.319 e. The van der Waals surface area contributed by atoms with E-state index in [1.54, 1.807) is 12.1 Å². The molecule has 0 unspecified atom stereocenters. The second kappa shape index (κ2) is 8.80. The molecule has 3 amide bonds. The third-order valence-corrected chi connectivity index (χ3v) is 4.15. The molecule has 0 aliphatic rings. The lowest BCUT2D eigenvalue weighted by Gasteiger charge is -2.11. The van der Waals surface area contributed by atoms with Crippen LogP contribution < -0.4 is 16.0 Å². The van der Waals surface area contributed by atoms with Crippen LogP contribution >= 0.6 is 22.6 Å². The molecule has 2 aromatic rings. The van der Waals surface area contributed by atoms with Gasteiger partial charge in [-0.25, -0.2) is 9.18 Å². The van der Waals surface area contributed by atoms with E-state index in [0.717, 1.165) is 5.56 Å². The first-order valence-corrected chi connectivity index (χ1v) is 8.82. The van der Waals surface area contributed by atoms with Crippen LogP contribution in [0, 0.1) is 9.39 Å². The quantitative estimate of drug-likeness (QED) is 0.599. The number of amides is 3. The third-order valence-electron chi connectivity index (χ3n) is 3.26. The number of rotatable bonds is 5. The molecule has 0 bridgehead atoms. The first kappa shape index (κ1) is 19.2. The van der Waals surface area contributed by atoms with Gasteiger partial charge in [0.25, 0.3) is 5.91 Å². The van der Waals surface area contributed by atoms with Crippen molar-refractivity contribution in [3.05, 3.63) is 63.0 Å². The average Bonchev–Trinajstić information content (AvgIpc) is 2.53.